The molecule has 126 valence electrons. The molecule has 2 aliphatic rings. The summed E-state index contributed by atoms with van der Waals surface area (Å²) in [5, 5.41) is 0. The van der Waals surface area contributed by atoms with Crippen molar-refractivity contribution in [3.05, 3.63) is 52.4 Å². The lowest BCUT2D eigenvalue weighted by Crippen LogP contribution is -2.23. The van der Waals surface area contributed by atoms with E-state index in [1.54, 1.807) is 6.20 Å². The SMILES string of the molecule is O=c1ccn2c(n1)OC(COc1ccc(C3CCOCC3)cc1)C2. The second-order valence-corrected chi connectivity index (χ2v) is 6.21. The van der Waals surface area contributed by atoms with Crippen molar-refractivity contribution in [2.75, 3.05) is 19.8 Å². The fourth-order valence-corrected chi connectivity index (χ4v) is 3.20. The van der Waals surface area contributed by atoms with Gasteiger partial charge in [-0.2, -0.15) is 4.98 Å². The van der Waals surface area contributed by atoms with E-state index >= 15 is 0 Å². The fourth-order valence-electron chi connectivity index (χ4n) is 3.20. The molecule has 1 saturated heterocycles. The maximum Gasteiger partial charge on any atom is 0.300 e. The first-order valence-electron chi connectivity index (χ1n) is 8.32. The number of rotatable bonds is 4. The van der Waals surface area contributed by atoms with E-state index in [4.69, 9.17) is 14.2 Å². The molecule has 6 nitrogen and oxygen atoms in total. The lowest BCUT2D eigenvalue weighted by Gasteiger charge is -2.22. The van der Waals surface area contributed by atoms with Crippen molar-refractivity contribution in [1.29, 1.82) is 0 Å². The second-order valence-electron chi connectivity index (χ2n) is 6.21. The summed E-state index contributed by atoms with van der Waals surface area (Å²) < 4.78 is 18.7. The largest absolute Gasteiger partial charge is 0.490 e. The van der Waals surface area contributed by atoms with E-state index in [-0.39, 0.29) is 11.7 Å². The highest BCUT2D eigenvalue weighted by molar-refractivity contribution is 5.29. The highest BCUT2D eigenvalue weighted by Crippen LogP contribution is 2.28. The number of aromatic nitrogens is 2. The molecule has 1 aromatic carbocycles. The molecule has 0 aliphatic carbocycles. The van der Waals surface area contributed by atoms with Crippen LogP contribution in [0.3, 0.4) is 0 Å². The lowest BCUT2D eigenvalue weighted by atomic mass is 9.92. The van der Waals surface area contributed by atoms with Crippen LogP contribution in [-0.4, -0.2) is 35.5 Å². The third kappa shape index (κ3) is 3.28. The molecule has 6 heteroatoms. The number of hydrogen-bond acceptors (Lipinski definition) is 5. The van der Waals surface area contributed by atoms with Crippen LogP contribution in [0.1, 0.15) is 24.3 Å². The number of nitrogens with zero attached hydrogens (tertiary/aromatic N) is 2. The van der Waals surface area contributed by atoms with Gasteiger partial charge in [0.05, 0.1) is 6.54 Å². The molecule has 0 radical (unpaired) electrons. The molecule has 2 aliphatic heterocycles. The molecule has 1 atom stereocenters. The van der Waals surface area contributed by atoms with Crippen LogP contribution in [0.15, 0.2) is 41.3 Å². The minimum absolute atomic E-state index is 0.130. The van der Waals surface area contributed by atoms with Gasteiger partial charge in [0.1, 0.15) is 12.4 Å². The van der Waals surface area contributed by atoms with E-state index in [0.717, 1.165) is 31.8 Å². The fraction of sp³-hybridized carbons (Fsp3) is 0.444. The maximum absolute atomic E-state index is 11.2. The molecule has 3 heterocycles. The van der Waals surface area contributed by atoms with Gasteiger partial charge in [-0.15, -0.1) is 0 Å². The van der Waals surface area contributed by atoms with E-state index in [1.165, 1.54) is 11.6 Å². The highest BCUT2D eigenvalue weighted by atomic mass is 16.6. The van der Waals surface area contributed by atoms with Crippen LogP contribution in [0, 0.1) is 0 Å². The maximum atomic E-state index is 11.2. The summed E-state index contributed by atoms with van der Waals surface area (Å²) in [5.41, 5.74) is 1.06. The molecule has 0 bridgehead atoms. The van der Waals surface area contributed by atoms with E-state index in [2.05, 4.69) is 17.1 Å². The quantitative estimate of drug-likeness (QED) is 0.859. The zero-order chi connectivity index (χ0) is 16.4. The van der Waals surface area contributed by atoms with Crippen LogP contribution in [0.2, 0.25) is 0 Å². The van der Waals surface area contributed by atoms with Gasteiger partial charge in [-0.05, 0) is 36.5 Å². The van der Waals surface area contributed by atoms with Crippen LogP contribution in [0.4, 0.5) is 0 Å². The summed E-state index contributed by atoms with van der Waals surface area (Å²) in [6.45, 7) is 2.76. The lowest BCUT2D eigenvalue weighted by molar-refractivity contribution is 0.0853. The van der Waals surface area contributed by atoms with E-state index in [9.17, 15) is 4.79 Å². The standard InChI is InChI=1S/C18H20N2O4/c21-17-5-8-20-11-16(24-18(20)19-17)12-23-15-3-1-13(2-4-15)14-6-9-22-10-7-14/h1-5,8,14,16H,6-7,9-12H2. The second kappa shape index (κ2) is 6.65. The Morgan fingerprint density at radius 2 is 1.96 bits per heavy atom. The van der Waals surface area contributed by atoms with Crippen molar-refractivity contribution in [2.45, 2.75) is 31.4 Å². The Morgan fingerprint density at radius 1 is 1.17 bits per heavy atom. The van der Waals surface area contributed by atoms with Gasteiger partial charge >= 0.3 is 0 Å². The predicted octanol–water partition coefficient (Wildman–Crippen LogP) is 1.98. The summed E-state index contributed by atoms with van der Waals surface area (Å²) in [4.78, 5) is 15.1. The molecule has 0 saturated carbocycles. The molecule has 0 amide bonds. The number of fused-ring (bicyclic) bond motifs is 1. The Hall–Kier alpha value is -2.34. The van der Waals surface area contributed by atoms with Gasteiger partial charge in [-0.1, -0.05) is 12.1 Å². The number of ether oxygens (including phenoxy) is 3. The van der Waals surface area contributed by atoms with Crippen LogP contribution < -0.4 is 15.0 Å². The van der Waals surface area contributed by atoms with Crippen molar-refractivity contribution in [1.82, 2.24) is 9.55 Å². The topological polar surface area (TPSA) is 62.6 Å². The average molecular weight is 328 g/mol. The van der Waals surface area contributed by atoms with Gasteiger partial charge in [0.15, 0.2) is 6.10 Å². The van der Waals surface area contributed by atoms with E-state index in [0.29, 0.717) is 25.1 Å². The molecule has 0 N–H and O–H groups in total. The molecular formula is C18H20N2O4. The Labute approximate surface area is 140 Å². The smallest absolute Gasteiger partial charge is 0.300 e. The first-order chi connectivity index (χ1) is 11.8. The van der Waals surface area contributed by atoms with Gasteiger partial charge in [0.25, 0.3) is 11.6 Å². The summed E-state index contributed by atoms with van der Waals surface area (Å²) in [6, 6.07) is 10.1. The van der Waals surface area contributed by atoms with E-state index in [1.807, 2.05) is 16.7 Å². The van der Waals surface area contributed by atoms with Gasteiger partial charge in [0, 0.05) is 25.5 Å². The molecule has 1 unspecified atom stereocenters. The normalized spacial score (nSPS) is 20.4. The zero-order valence-corrected chi connectivity index (χ0v) is 13.4. The third-order valence-electron chi connectivity index (χ3n) is 4.53. The van der Waals surface area contributed by atoms with Crippen molar-refractivity contribution in [2.24, 2.45) is 0 Å². The summed E-state index contributed by atoms with van der Waals surface area (Å²) in [7, 11) is 0. The molecule has 2 aromatic rings. The van der Waals surface area contributed by atoms with Gasteiger partial charge < -0.3 is 14.2 Å². The van der Waals surface area contributed by atoms with Crippen LogP contribution in [-0.2, 0) is 11.3 Å². The molecule has 24 heavy (non-hydrogen) atoms. The molecule has 4 rings (SSSR count). The Kier molecular flexibility index (Phi) is 4.21. The predicted molar refractivity (Wildman–Crippen MR) is 87.6 cm³/mol. The zero-order valence-electron chi connectivity index (χ0n) is 13.4. The van der Waals surface area contributed by atoms with Gasteiger partial charge in [-0.25, -0.2) is 0 Å². The van der Waals surface area contributed by atoms with E-state index < -0.39 is 0 Å². The number of benzene rings is 1. The minimum Gasteiger partial charge on any atom is -0.490 e. The van der Waals surface area contributed by atoms with Crippen LogP contribution >= 0.6 is 0 Å². The Morgan fingerprint density at radius 3 is 2.75 bits per heavy atom. The first-order valence-corrected chi connectivity index (χ1v) is 8.32. The molecular weight excluding hydrogens is 308 g/mol. The van der Waals surface area contributed by atoms with Crippen LogP contribution in [0.25, 0.3) is 0 Å². The highest BCUT2D eigenvalue weighted by Gasteiger charge is 2.23. The first kappa shape index (κ1) is 15.2. The third-order valence-corrected chi connectivity index (χ3v) is 4.53. The van der Waals surface area contributed by atoms with Crippen LogP contribution in [0.5, 0.6) is 11.8 Å². The summed E-state index contributed by atoms with van der Waals surface area (Å²) >= 11 is 0. The average Bonchev–Trinajstić information content (AvgIpc) is 3.03. The van der Waals surface area contributed by atoms with Crippen molar-refractivity contribution in [3.8, 4) is 11.8 Å². The summed E-state index contributed by atoms with van der Waals surface area (Å²) in [6.07, 6.45) is 3.74. The molecule has 0 spiro atoms. The van der Waals surface area contributed by atoms with Gasteiger partial charge in [-0.3, -0.25) is 9.36 Å². The molecule has 1 aromatic heterocycles. The molecule has 1 fully saturated rings. The van der Waals surface area contributed by atoms with Gasteiger partial charge in [0.2, 0.25) is 0 Å². The monoisotopic (exact) mass is 328 g/mol. The summed E-state index contributed by atoms with van der Waals surface area (Å²) in [5.74, 6) is 1.41. The number of hydrogen-bond donors (Lipinski definition) is 0. The Balaban J connectivity index is 1.33. The minimum atomic E-state index is -0.286. The van der Waals surface area contributed by atoms with Crippen molar-refractivity contribution < 1.29 is 14.2 Å². The van der Waals surface area contributed by atoms with Crippen molar-refractivity contribution in [3.63, 3.8) is 0 Å². The van der Waals surface area contributed by atoms with Crippen molar-refractivity contribution >= 4 is 0 Å². The Bertz CT molecular complexity index is 750.